The minimum absolute atomic E-state index is 0.0765. The van der Waals surface area contributed by atoms with Crippen molar-refractivity contribution in [3.63, 3.8) is 0 Å². The highest BCUT2D eigenvalue weighted by atomic mass is 35.5. The van der Waals surface area contributed by atoms with E-state index in [1.165, 1.54) is 0 Å². The van der Waals surface area contributed by atoms with Gasteiger partial charge in [0.15, 0.2) is 5.76 Å². The average Bonchev–Trinajstić information content (AvgIpc) is 3.39. The molecule has 0 unspecified atom stereocenters. The zero-order chi connectivity index (χ0) is 17.9. The van der Waals surface area contributed by atoms with Crippen molar-refractivity contribution >= 4 is 17.5 Å². The van der Waals surface area contributed by atoms with Crippen molar-refractivity contribution in [2.75, 3.05) is 26.2 Å². The first-order chi connectivity index (χ1) is 12.7. The molecule has 7 nitrogen and oxygen atoms in total. The van der Waals surface area contributed by atoms with Crippen LogP contribution in [0.4, 0.5) is 0 Å². The molecule has 8 heteroatoms. The summed E-state index contributed by atoms with van der Waals surface area (Å²) in [6.07, 6.45) is 4.96. The molecule has 0 bridgehead atoms. The Kier molecular flexibility index (Phi) is 4.81. The second kappa shape index (κ2) is 7.39. The molecule has 4 rings (SSSR count). The maximum Gasteiger partial charge on any atom is 0.289 e. The third-order valence-electron chi connectivity index (χ3n) is 4.41. The molecular weight excluding hydrogens is 356 g/mol. The fraction of sp³-hybridized carbons (Fsp3) is 0.333. The topological polar surface area (TPSA) is 67.7 Å². The van der Waals surface area contributed by atoms with Gasteiger partial charge in [-0.15, -0.1) is 0 Å². The van der Waals surface area contributed by atoms with Crippen molar-refractivity contribution in [3.05, 3.63) is 65.2 Å². The third kappa shape index (κ3) is 3.84. The van der Waals surface area contributed by atoms with Crippen LogP contribution in [-0.2, 0) is 13.1 Å². The van der Waals surface area contributed by atoms with Crippen molar-refractivity contribution in [2.24, 2.45) is 0 Å². The van der Waals surface area contributed by atoms with E-state index in [0.29, 0.717) is 36.2 Å². The van der Waals surface area contributed by atoms with Gasteiger partial charge in [-0.25, -0.2) is 0 Å². The van der Waals surface area contributed by atoms with Gasteiger partial charge in [0.1, 0.15) is 11.5 Å². The summed E-state index contributed by atoms with van der Waals surface area (Å²) in [5.41, 5.74) is 0. The largest absolute Gasteiger partial charge is 0.468 e. The molecular formula is C18H19ClN4O3. The molecule has 0 N–H and O–H groups in total. The Morgan fingerprint density at radius 3 is 2.65 bits per heavy atom. The van der Waals surface area contributed by atoms with Crippen LogP contribution in [0.3, 0.4) is 0 Å². The number of carbonyl (C=O) groups excluding carboxylic acids is 1. The van der Waals surface area contributed by atoms with Gasteiger partial charge in [0.25, 0.3) is 5.91 Å². The molecule has 1 amide bonds. The molecule has 0 spiro atoms. The van der Waals surface area contributed by atoms with Crippen molar-refractivity contribution in [1.82, 2.24) is 19.6 Å². The molecule has 3 aromatic rings. The SMILES string of the molecule is O=C(c1ccc(Cn2cc(Cl)cn2)o1)N1CCN(Cc2ccco2)CC1. The first-order valence-electron chi connectivity index (χ1n) is 8.48. The van der Waals surface area contributed by atoms with Crippen molar-refractivity contribution < 1.29 is 13.6 Å². The lowest BCUT2D eigenvalue weighted by Gasteiger charge is -2.33. The molecule has 1 saturated heterocycles. The molecule has 1 aliphatic heterocycles. The normalized spacial score (nSPS) is 15.5. The minimum Gasteiger partial charge on any atom is -0.468 e. The van der Waals surface area contributed by atoms with Crippen LogP contribution in [-0.4, -0.2) is 51.7 Å². The van der Waals surface area contributed by atoms with Crippen molar-refractivity contribution in [1.29, 1.82) is 0 Å². The van der Waals surface area contributed by atoms with Gasteiger partial charge in [0.05, 0.1) is 30.6 Å². The number of piperazine rings is 1. The maximum absolute atomic E-state index is 12.6. The standard InChI is InChI=1S/C18H19ClN4O3/c19-14-10-20-23(11-14)13-16-3-4-17(26-16)18(24)22-7-5-21(6-8-22)12-15-2-1-9-25-15/h1-4,9-11H,5-8,12-13H2. The van der Waals surface area contributed by atoms with Crippen LogP contribution >= 0.6 is 11.6 Å². The average molecular weight is 375 g/mol. The summed E-state index contributed by atoms with van der Waals surface area (Å²) in [6, 6.07) is 7.38. The minimum atomic E-state index is -0.0765. The van der Waals surface area contributed by atoms with Crippen LogP contribution in [0.2, 0.25) is 5.02 Å². The van der Waals surface area contributed by atoms with E-state index in [2.05, 4.69) is 10.00 Å². The summed E-state index contributed by atoms with van der Waals surface area (Å²) in [5.74, 6) is 1.90. The van der Waals surface area contributed by atoms with E-state index in [4.69, 9.17) is 20.4 Å². The number of aromatic nitrogens is 2. The summed E-state index contributed by atoms with van der Waals surface area (Å²) < 4.78 is 12.8. The number of furan rings is 2. The second-order valence-electron chi connectivity index (χ2n) is 6.27. The number of nitrogens with zero attached hydrogens (tertiary/aromatic N) is 4. The van der Waals surface area contributed by atoms with Crippen molar-refractivity contribution in [2.45, 2.75) is 13.1 Å². The van der Waals surface area contributed by atoms with Gasteiger partial charge in [0.2, 0.25) is 0 Å². The molecule has 1 fully saturated rings. The van der Waals surface area contributed by atoms with Gasteiger partial charge in [-0.2, -0.15) is 5.10 Å². The molecule has 0 saturated carbocycles. The van der Waals surface area contributed by atoms with Gasteiger partial charge in [-0.05, 0) is 24.3 Å². The Morgan fingerprint density at radius 2 is 1.96 bits per heavy atom. The number of carbonyl (C=O) groups is 1. The number of amides is 1. The van der Waals surface area contributed by atoms with Crippen LogP contribution in [0.5, 0.6) is 0 Å². The Bertz CT molecular complexity index is 863. The number of hydrogen-bond donors (Lipinski definition) is 0. The number of rotatable bonds is 5. The summed E-state index contributed by atoms with van der Waals surface area (Å²) in [7, 11) is 0. The summed E-state index contributed by atoms with van der Waals surface area (Å²) in [6.45, 7) is 4.18. The van der Waals surface area contributed by atoms with E-state index in [-0.39, 0.29) is 5.91 Å². The van der Waals surface area contributed by atoms with Crippen molar-refractivity contribution in [3.8, 4) is 0 Å². The number of hydrogen-bond acceptors (Lipinski definition) is 5. The first-order valence-corrected chi connectivity index (χ1v) is 8.86. The van der Waals surface area contributed by atoms with Gasteiger partial charge in [-0.1, -0.05) is 11.6 Å². The summed E-state index contributed by atoms with van der Waals surface area (Å²) in [5, 5.41) is 4.68. The molecule has 0 radical (unpaired) electrons. The highest BCUT2D eigenvalue weighted by Gasteiger charge is 2.24. The van der Waals surface area contributed by atoms with Gasteiger partial charge >= 0.3 is 0 Å². The van der Waals surface area contributed by atoms with Crippen LogP contribution in [0.25, 0.3) is 0 Å². The molecule has 1 aliphatic rings. The predicted molar refractivity (Wildman–Crippen MR) is 94.9 cm³/mol. The quantitative estimate of drug-likeness (QED) is 0.687. The Balaban J connectivity index is 1.32. The molecule has 3 aromatic heterocycles. The van der Waals surface area contributed by atoms with Crippen LogP contribution in [0, 0.1) is 0 Å². The van der Waals surface area contributed by atoms with E-state index in [0.717, 1.165) is 25.4 Å². The van der Waals surface area contributed by atoms with E-state index in [1.807, 2.05) is 17.0 Å². The Hall–Kier alpha value is -2.51. The van der Waals surface area contributed by atoms with Crippen LogP contribution in [0.15, 0.2) is 51.8 Å². The molecule has 4 heterocycles. The molecule has 26 heavy (non-hydrogen) atoms. The molecule has 0 aliphatic carbocycles. The van der Waals surface area contributed by atoms with Gasteiger partial charge in [-0.3, -0.25) is 14.4 Å². The zero-order valence-electron chi connectivity index (χ0n) is 14.2. The summed E-state index contributed by atoms with van der Waals surface area (Å²) in [4.78, 5) is 16.7. The van der Waals surface area contributed by atoms with E-state index < -0.39 is 0 Å². The number of halogens is 1. The highest BCUT2D eigenvalue weighted by Crippen LogP contribution is 2.15. The smallest absolute Gasteiger partial charge is 0.289 e. The van der Waals surface area contributed by atoms with E-state index >= 15 is 0 Å². The zero-order valence-corrected chi connectivity index (χ0v) is 14.9. The second-order valence-corrected chi connectivity index (χ2v) is 6.71. The van der Waals surface area contributed by atoms with Gasteiger partial charge < -0.3 is 13.7 Å². The lowest BCUT2D eigenvalue weighted by molar-refractivity contribution is 0.0588. The van der Waals surface area contributed by atoms with Crippen LogP contribution in [0.1, 0.15) is 22.1 Å². The monoisotopic (exact) mass is 374 g/mol. The Labute approximate surface area is 155 Å². The maximum atomic E-state index is 12.6. The molecule has 136 valence electrons. The lowest BCUT2D eigenvalue weighted by Crippen LogP contribution is -2.48. The lowest BCUT2D eigenvalue weighted by atomic mass is 10.2. The predicted octanol–water partition coefficient (Wildman–Crippen LogP) is 2.73. The molecule has 0 atom stereocenters. The fourth-order valence-corrected chi connectivity index (χ4v) is 3.21. The third-order valence-corrected chi connectivity index (χ3v) is 4.61. The molecule has 0 aromatic carbocycles. The summed E-state index contributed by atoms with van der Waals surface area (Å²) >= 11 is 5.86. The first kappa shape index (κ1) is 16.9. The Morgan fingerprint density at radius 1 is 1.12 bits per heavy atom. The van der Waals surface area contributed by atoms with E-state index in [9.17, 15) is 4.79 Å². The van der Waals surface area contributed by atoms with Gasteiger partial charge in [0, 0.05) is 32.4 Å². The fourth-order valence-electron chi connectivity index (χ4n) is 3.05. The van der Waals surface area contributed by atoms with E-state index in [1.54, 1.807) is 35.5 Å². The van der Waals surface area contributed by atoms with Crippen LogP contribution < -0.4 is 0 Å². The highest BCUT2D eigenvalue weighted by molar-refractivity contribution is 6.30.